The fourth-order valence-electron chi connectivity index (χ4n) is 2.22. The van der Waals surface area contributed by atoms with Crippen LogP contribution in [0.3, 0.4) is 0 Å². The number of nitrogens with one attached hydrogen (secondary N) is 2. The minimum absolute atomic E-state index is 0.0664. The third-order valence-electron chi connectivity index (χ3n) is 3.52. The molecule has 1 fully saturated rings. The number of nitrogens with zero attached hydrogens (tertiary/aromatic N) is 1. The molecule has 0 aromatic carbocycles. The van der Waals surface area contributed by atoms with E-state index in [1.165, 1.54) is 0 Å². The molecule has 138 valence electrons. The summed E-state index contributed by atoms with van der Waals surface area (Å²) in [6.07, 6.45) is 0.584. The number of amides is 3. The van der Waals surface area contributed by atoms with Gasteiger partial charge in [-0.2, -0.15) is 0 Å². The van der Waals surface area contributed by atoms with Gasteiger partial charge >= 0.3 is 6.09 Å². The average Bonchev–Trinajstić information content (AvgIpc) is 2.84. The van der Waals surface area contributed by atoms with Crippen LogP contribution in [0.25, 0.3) is 0 Å². The fraction of sp³-hybridized carbons (Fsp3) is 0.824. The topological polar surface area (TPSA) is 87.7 Å². The molecule has 3 amide bonds. The fourth-order valence-corrected chi connectivity index (χ4v) is 2.22. The van der Waals surface area contributed by atoms with E-state index >= 15 is 0 Å². The molecule has 1 aliphatic rings. The van der Waals surface area contributed by atoms with Crippen molar-refractivity contribution < 1.29 is 19.1 Å². The van der Waals surface area contributed by atoms with Crippen LogP contribution in [0.2, 0.25) is 0 Å². The van der Waals surface area contributed by atoms with Gasteiger partial charge in [-0.3, -0.25) is 9.59 Å². The molecule has 0 unspecified atom stereocenters. The minimum Gasteiger partial charge on any atom is -0.444 e. The van der Waals surface area contributed by atoms with Crippen LogP contribution in [-0.2, 0) is 14.3 Å². The molecule has 2 N–H and O–H groups in total. The molecule has 0 spiro atoms. The lowest BCUT2D eigenvalue weighted by Crippen LogP contribution is -2.41. The van der Waals surface area contributed by atoms with Gasteiger partial charge in [-0.1, -0.05) is 20.8 Å². The largest absolute Gasteiger partial charge is 0.444 e. The van der Waals surface area contributed by atoms with Crippen molar-refractivity contribution in [1.29, 1.82) is 0 Å². The Balaban J connectivity index is 2.29. The Morgan fingerprint density at radius 1 is 1.12 bits per heavy atom. The Morgan fingerprint density at radius 3 is 2.29 bits per heavy atom. The lowest BCUT2D eigenvalue weighted by Gasteiger charge is -2.24. The van der Waals surface area contributed by atoms with Gasteiger partial charge in [-0.15, -0.1) is 0 Å². The van der Waals surface area contributed by atoms with Crippen molar-refractivity contribution in [1.82, 2.24) is 15.5 Å². The predicted molar refractivity (Wildman–Crippen MR) is 91.4 cm³/mol. The summed E-state index contributed by atoms with van der Waals surface area (Å²) in [5, 5.41) is 5.65. The van der Waals surface area contributed by atoms with Crippen LogP contribution >= 0.6 is 0 Å². The maximum absolute atomic E-state index is 12.0. The van der Waals surface area contributed by atoms with Gasteiger partial charge in [0.1, 0.15) is 5.60 Å². The van der Waals surface area contributed by atoms with Gasteiger partial charge in [0, 0.05) is 37.5 Å². The minimum atomic E-state index is -0.524. The predicted octanol–water partition coefficient (Wildman–Crippen LogP) is 1.66. The second kappa shape index (κ2) is 7.85. The summed E-state index contributed by atoms with van der Waals surface area (Å²) in [6.45, 7) is 12.3. The zero-order valence-corrected chi connectivity index (χ0v) is 15.7. The Kier molecular flexibility index (Phi) is 6.63. The number of rotatable bonds is 4. The summed E-state index contributed by atoms with van der Waals surface area (Å²) in [4.78, 5) is 37.2. The number of hydrogen-bond donors (Lipinski definition) is 2. The van der Waals surface area contributed by atoms with Gasteiger partial charge in [0.25, 0.3) is 0 Å². The van der Waals surface area contributed by atoms with Crippen molar-refractivity contribution in [2.75, 3.05) is 19.6 Å². The number of carbonyl (C=O) groups is 3. The maximum atomic E-state index is 12.0. The Labute approximate surface area is 144 Å². The summed E-state index contributed by atoms with van der Waals surface area (Å²) in [7, 11) is 0. The first kappa shape index (κ1) is 20.3. The smallest absolute Gasteiger partial charge is 0.410 e. The monoisotopic (exact) mass is 341 g/mol. The molecule has 0 aliphatic carbocycles. The lowest BCUT2D eigenvalue weighted by molar-refractivity contribution is -0.128. The van der Waals surface area contributed by atoms with Gasteiger partial charge in [0.05, 0.1) is 0 Å². The molecule has 1 aliphatic heterocycles. The highest BCUT2D eigenvalue weighted by Crippen LogP contribution is 2.15. The van der Waals surface area contributed by atoms with Gasteiger partial charge in [0.15, 0.2) is 0 Å². The van der Waals surface area contributed by atoms with Crippen molar-refractivity contribution in [2.45, 2.75) is 66.0 Å². The van der Waals surface area contributed by atoms with Crippen molar-refractivity contribution in [3.63, 3.8) is 0 Å². The van der Waals surface area contributed by atoms with E-state index in [1.54, 1.807) is 4.90 Å². The van der Waals surface area contributed by atoms with Crippen LogP contribution in [0.1, 0.15) is 54.4 Å². The first-order valence-electron chi connectivity index (χ1n) is 8.44. The number of carbonyl (C=O) groups excluding carboxylic acids is 3. The van der Waals surface area contributed by atoms with Crippen LogP contribution in [0.15, 0.2) is 0 Å². The van der Waals surface area contributed by atoms with E-state index in [0.717, 1.165) is 0 Å². The normalized spacial score (nSPS) is 18.2. The van der Waals surface area contributed by atoms with Crippen LogP contribution in [0.5, 0.6) is 0 Å². The van der Waals surface area contributed by atoms with Crippen LogP contribution in [0.4, 0.5) is 4.79 Å². The highest BCUT2D eigenvalue weighted by atomic mass is 16.6. The molecular weight excluding hydrogens is 310 g/mol. The van der Waals surface area contributed by atoms with Crippen molar-refractivity contribution in [3.05, 3.63) is 0 Å². The third-order valence-corrected chi connectivity index (χ3v) is 3.52. The van der Waals surface area contributed by atoms with Gasteiger partial charge in [-0.25, -0.2) is 4.79 Å². The maximum Gasteiger partial charge on any atom is 0.410 e. The second-order valence-corrected chi connectivity index (χ2v) is 8.24. The molecule has 1 heterocycles. The summed E-state index contributed by atoms with van der Waals surface area (Å²) < 4.78 is 5.32. The van der Waals surface area contributed by atoms with E-state index < -0.39 is 11.0 Å². The molecule has 0 bridgehead atoms. The van der Waals surface area contributed by atoms with E-state index in [0.29, 0.717) is 26.1 Å². The van der Waals surface area contributed by atoms with Crippen LogP contribution < -0.4 is 10.6 Å². The van der Waals surface area contributed by atoms with E-state index in [9.17, 15) is 14.4 Å². The first-order valence-corrected chi connectivity index (χ1v) is 8.44. The molecule has 1 rings (SSSR count). The zero-order chi connectivity index (χ0) is 18.5. The van der Waals surface area contributed by atoms with E-state index in [2.05, 4.69) is 10.6 Å². The molecule has 0 aromatic heterocycles. The first-order chi connectivity index (χ1) is 10.9. The average molecular weight is 341 g/mol. The summed E-state index contributed by atoms with van der Waals surface area (Å²) in [5.41, 5.74) is -0.987. The quantitative estimate of drug-likeness (QED) is 0.814. The molecule has 1 saturated heterocycles. The molecule has 1 atom stereocenters. The zero-order valence-electron chi connectivity index (χ0n) is 15.7. The van der Waals surface area contributed by atoms with Crippen molar-refractivity contribution in [3.8, 4) is 0 Å². The second-order valence-electron chi connectivity index (χ2n) is 8.24. The third kappa shape index (κ3) is 7.19. The number of ether oxygens (including phenoxy) is 1. The molecule has 0 radical (unpaired) electrons. The highest BCUT2D eigenvalue weighted by molar-refractivity contribution is 5.82. The summed E-state index contributed by atoms with van der Waals surface area (Å²) in [5.74, 6) is -0.201. The number of hydrogen-bond acceptors (Lipinski definition) is 4. The summed E-state index contributed by atoms with van der Waals surface area (Å²) in [6, 6.07) is -0.0664. The Bertz CT molecular complexity index is 477. The number of likely N-dealkylation sites (tertiary alicyclic amines) is 1. The molecule has 7 heteroatoms. The van der Waals surface area contributed by atoms with Gasteiger partial charge in [0.2, 0.25) is 11.8 Å². The molecule has 24 heavy (non-hydrogen) atoms. The Morgan fingerprint density at radius 2 is 1.75 bits per heavy atom. The lowest BCUT2D eigenvalue weighted by atomic mass is 9.96. The SMILES string of the molecule is CC(C)(C)OC(=O)N1CC[C@@H](NC(=O)CCNC(=O)C(C)(C)C)C1. The molecule has 0 saturated carbocycles. The Hall–Kier alpha value is -1.79. The van der Waals surface area contributed by atoms with Crippen molar-refractivity contribution in [2.24, 2.45) is 5.41 Å². The molecule has 7 nitrogen and oxygen atoms in total. The van der Waals surface area contributed by atoms with E-state index in [1.807, 2.05) is 41.5 Å². The highest BCUT2D eigenvalue weighted by Gasteiger charge is 2.30. The van der Waals surface area contributed by atoms with Crippen LogP contribution in [-0.4, -0.2) is 54.1 Å². The summed E-state index contributed by atoms with van der Waals surface area (Å²) >= 11 is 0. The van der Waals surface area contributed by atoms with E-state index in [4.69, 9.17) is 4.74 Å². The van der Waals surface area contributed by atoms with Gasteiger partial charge in [-0.05, 0) is 27.2 Å². The molecular formula is C17H31N3O4. The van der Waals surface area contributed by atoms with E-state index in [-0.39, 0.29) is 30.4 Å². The van der Waals surface area contributed by atoms with Crippen LogP contribution in [0, 0.1) is 5.41 Å². The standard InChI is InChI=1S/C17H31N3O4/c1-16(2,3)14(22)18-9-7-13(21)19-12-8-10-20(11-12)15(23)24-17(4,5)6/h12H,7-11H2,1-6H3,(H,18,22)(H,19,21)/t12-/m1/s1. The van der Waals surface area contributed by atoms with Gasteiger partial charge < -0.3 is 20.3 Å². The van der Waals surface area contributed by atoms with Crippen molar-refractivity contribution >= 4 is 17.9 Å². The molecule has 0 aromatic rings.